The summed E-state index contributed by atoms with van der Waals surface area (Å²) in [4.78, 5) is 33.4. The summed E-state index contributed by atoms with van der Waals surface area (Å²) in [6.07, 6.45) is 12.2. The molecule has 3 aliphatic rings. The summed E-state index contributed by atoms with van der Waals surface area (Å²) in [6.45, 7) is 2.59. The van der Waals surface area contributed by atoms with Gasteiger partial charge in [-0.15, -0.1) is 0 Å². The number of amides is 2. The molecule has 0 atom stereocenters. The van der Waals surface area contributed by atoms with Crippen LogP contribution in [0.15, 0.2) is 23.2 Å². The van der Waals surface area contributed by atoms with Crippen molar-refractivity contribution in [3.63, 3.8) is 0 Å². The second kappa shape index (κ2) is 12.9. The molecule has 4 rings (SSSR count). The third kappa shape index (κ3) is 6.97. The SMILES string of the molecule is O=C1CN2Cc3c(cccc3OCCCCC(=O)N(CCCCCCO)C3CCCCC3)N=C2N1. The zero-order chi connectivity index (χ0) is 24.5. The van der Waals surface area contributed by atoms with Gasteiger partial charge in [0.1, 0.15) is 12.3 Å². The molecule has 2 fully saturated rings. The molecule has 8 heteroatoms. The smallest absolute Gasteiger partial charge is 0.246 e. The second-order valence-corrected chi connectivity index (χ2v) is 9.92. The second-order valence-electron chi connectivity index (χ2n) is 9.92. The Hall–Kier alpha value is -2.61. The van der Waals surface area contributed by atoms with Gasteiger partial charge in [0.25, 0.3) is 0 Å². The highest BCUT2D eigenvalue weighted by Crippen LogP contribution is 2.34. The molecule has 0 aromatic heterocycles. The fourth-order valence-electron chi connectivity index (χ4n) is 5.33. The normalized spacial score (nSPS) is 17.5. The van der Waals surface area contributed by atoms with Gasteiger partial charge in [0.15, 0.2) is 0 Å². The van der Waals surface area contributed by atoms with E-state index in [1.165, 1.54) is 19.3 Å². The van der Waals surface area contributed by atoms with Gasteiger partial charge in [0, 0.05) is 31.2 Å². The van der Waals surface area contributed by atoms with E-state index in [9.17, 15) is 9.59 Å². The van der Waals surface area contributed by atoms with Crippen molar-refractivity contribution >= 4 is 23.5 Å². The fourth-order valence-corrected chi connectivity index (χ4v) is 5.33. The Morgan fingerprint density at radius 2 is 1.91 bits per heavy atom. The first kappa shape index (κ1) is 25.5. The van der Waals surface area contributed by atoms with Crippen LogP contribution in [-0.2, 0) is 16.1 Å². The summed E-state index contributed by atoms with van der Waals surface area (Å²) in [5, 5.41) is 11.8. The standard InChI is InChI=1S/C27H40N4O4/c32-17-8-2-1-7-16-31(21-11-4-3-5-12-21)26(34)15-6-9-18-35-24-14-10-13-23-22(24)19-30-20-25(33)29-27(30)28-23/h10,13-14,21,32H,1-9,11-12,15-20H2,(H,28,29,33). The van der Waals surface area contributed by atoms with E-state index in [-0.39, 0.29) is 18.4 Å². The average Bonchev–Trinajstić information content (AvgIpc) is 3.24. The quantitative estimate of drug-likeness (QED) is 0.415. The molecule has 0 radical (unpaired) electrons. The molecule has 192 valence electrons. The van der Waals surface area contributed by atoms with Crippen molar-refractivity contribution in [2.45, 2.75) is 89.6 Å². The van der Waals surface area contributed by atoms with E-state index in [1.807, 2.05) is 23.1 Å². The number of aliphatic hydroxyl groups excluding tert-OH is 1. The number of hydrogen-bond donors (Lipinski definition) is 2. The minimum absolute atomic E-state index is 0.0314. The molecule has 1 aromatic rings. The summed E-state index contributed by atoms with van der Waals surface area (Å²) < 4.78 is 6.09. The van der Waals surface area contributed by atoms with Crippen molar-refractivity contribution in [2.24, 2.45) is 4.99 Å². The lowest BCUT2D eigenvalue weighted by molar-refractivity contribution is -0.134. The van der Waals surface area contributed by atoms with Gasteiger partial charge in [-0.2, -0.15) is 0 Å². The van der Waals surface area contributed by atoms with Gasteiger partial charge in [-0.3, -0.25) is 14.9 Å². The largest absolute Gasteiger partial charge is 0.493 e. The lowest BCUT2D eigenvalue weighted by Gasteiger charge is -2.34. The van der Waals surface area contributed by atoms with Crippen LogP contribution >= 0.6 is 0 Å². The van der Waals surface area contributed by atoms with Gasteiger partial charge < -0.3 is 19.6 Å². The molecule has 8 nitrogen and oxygen atoms in total. The molecule has 0 spiro atoms. The van der Waals surface area contributed by atoms with Crippen molar-refractivity contribution in [3.8, 4) is 5.75 Å². The topological polar surface area (TPSA) is 94.5 Å². The number of carbonyl (C=O) groups excluding carboxylic acids is 2. The molecule has 2 amide bonds. The van der Waals surface area contributed by atoms with E-state index in [1.54, 1.807) is 0 Å². The maximum atomic E-state index is 13.1. The maximum absolute atomic E-state index is 13.1. The number of aliphatic hydroxyl groups is 1. The molecule has 0 bridgehead atoms. The first-order valence-corrected chi connectivity index (χ1v) is 13.4. The van der Waals surface area contributed by atoms with Crippen LogP contribution in [0.1, 0.15) is 82.6 Å². The highest BCUT2D eigenvalue weighted by Gasteiger charge is 2.30. The molecule has 2 N–H and O–H groups in total. The Bertz CT molecular complexity index is 897. The van der Waals surface area contributed by atoms with Gasteiger partial charge in [0.05, 0.1) is 18.8 Å². The molecular weight excluding hydrogens is 444 g/mol. The van der Waals surface area contributed by atoms with Crippen molar-refractivity contribution in [3.05, 3.63) is 23.8 Å². The van der Waals surface area contributed by atoms with Crippen LogP contribution in [-0.4, -0.2) is 65.0 Å². The molecule has 0 unspecified atom stereocenters. The minimum atomic E-state index is -0.0314. The lowest BCUT2D eigenvalue weighted by Crippen LogP contribution is -2.42. The van der Waals surface area contributed by atoms with Crippen LogP contribution in [0.25, 0.3) is 0 Å². The summed E-state index contributed by atoms with van der Waals surface area (Å²) in [5.41, 5.74) is 1.85. The van der Waals surface area contributed by atoms with E-state index in [4.69, 9.17) is 9.84 Å². The van der Waals surface area contributed by atoms with E-state index in [2.05, 4.69) is 15.2 Å². The monoisotopic (exact) mass is 484 g/mol. The Morgan fingerprint density at radius 3 is 2.74 bits per heavy atom. The van der Waals surface area contributed by atoms with Gasteiger partial charge in [-0.1, -0.05) is 38.2 Å². The summed E-state index contributed by atoms with van der Waals surface area (Å²) in [6, 6.07) is 6.23. The van der Waals surface area contributed by atoms with Crippen LogP contribution in [0.5, 0.6) is 5.75 Å². The number of nitrogens with one attached hydrogen (secondary N) is 1. The number of rotatable bonds is 13. The number of benzene rings is 1. The molecule has 1 saturated heterocycles. The number of guanidine groups is 1. The maximum Gasteiger partial charge on any atom is 0.246 e. The van der Waals surface area contributed by atoms with Crippen molar-refractivity contribution in [1.29, 1.82) is 0 Å². The summed E-state index contributed by atoms with van der Waals surface area (Å²) in [7, 11) is 0. The number of unbranched alkanes of at least 4 members (excludes halogenated alkanes) is 4. The van der Waals surface area contributed by atoms with E-state index in [0.717, 1.165) is 74.9 Å². The zero-order valence-electron chi connectivity index (χ0n) is 20.8. The number of hydrogen-bond acceptors (Lipinski definition) is 6. The fraction of sp³-hybridized carbons (Fsp3) is 0.667. The van der Waals surface area contributed by atoms with Gasteiger partial charge in [-0.25, -0.2) is 4.99 Å². The van der Waals surface area contributed by atoms with Crippen molar-refractivity contribution in [2.75, 3.05) is 26.3 Å². The van der Waals surface area contributed by atoms with Gasteiger partial charge in [-0.05, 0) is 50.7 Å². The zero-order valence-corrected chi connectivity index (χ0v) is 20.8. The van der Waals surface area contributed by atoms with Crippen molar-refractivity contribution in [1.82, 2.24) is 15.1 Å². The third-order valence-corrected chi connectivity index (χ3v) is 7.25. The molecule has 2 heterocycles. The first-order chi connectivity index (χ1) is 17.2. The van der Waals surface area contributed by atoms with E-state index in [0.29, 0.717) is 38.1 Å². The van der Waals surface area contributed by atoms with Gasteiger partial charge >= 0.3 is 0 Å². The Labute approximate surface area is 208 Å². The highest BCUT2D eigenvalue weighted by atomic mass is 16.5. The molecule has 1 aliphatic carbocycles. The van der Waals surface area contributed by atoms with Crippen molar-refractivity contribution < 1.29 is 19.4 Å². The Morgan fingerprint density at radius 1 is 1.09 bits per heavy atom. The minimum Gasteiger partial charge on any atom is -0.493 e. The number of aliphatic imine (C=N–C) groups is 1. The first-order valence-electron chi connectivity index (χ1n) is 13.4. The van der Waals surface area contributed by atoms with Crippen LogP contribution in [0.3, 0.4) is 0 Å². The van der Waals surface area contributed by atoms with E-state index >= 15 is 0 Å². The lowest BCUT2D eigenvalue weighted by atomic mass is 9.93. The average molecular weight is 485 g/mol. The predicted molar refractivity (Wildman–Crippen MR) is 136 cm³/mol. The number of carbonyl (C=O) groups is 2. The van der Waals surface area contributed by atoms with Crippen LogP contribution < -0.4 is 10.1 Å². The number of nitrogens with zero attached hydrogens (tertiary/aromatic N) is 3. The van der Waals surface area contributed by atoms with E-state index < -0.39 is 0 Å². The predicted octanol–water partition coefficient (Wildman–Crippen LogP) is 3.88. The molecule has 35 heavy (non-hydrogen) atoms. The highest BCUT2D eigenvalue weighted by molar-refractivity contribution is 6.05. The van der Waals surface area contributed by atoms with Crippen LogP contribution in [0.4, 0.5) is 5.69 Å². The Balaban J connectivity index is 1.22. The van der Waals surface area contributed by atoms with Crippen LogP contribution in [0.2, 0.25) is 0 Å². The molecular formula is C27H40N4O4. The van der Waals surface area contributed by atoms with Crippen LogP contribution in [0, 0.1) is 0 Å². The van der Waals surface area contributed by atoms with Gasteiger partial charge in [0.2, 0.25) is 17.8 Å². The number of ether oxygens (including phenoxy) is 1. The third-order valence-electron chi connectivity index (χ3n) is 7.25. The summed E-state index contributed by atoms with van der Waals surface area (Å²) >= 11 is 0. The molecule has 1 saturated carbocycles. The molecule has 1 aromatic carbocycles. The Kier molecular flexibility index (Phi) is 9.40. The number of fused-ring (bicyclic) bond motifs is 2. The molecule has 2 aliphatic heterocycles. The summed E-state index contributed by atoms with van der Waals surface area (Å²) in [5.74, 6) is 1.68.